The van der Waals surface area contributed by atoms with Crippen LogP contribution in [0, 0.1) is 0 Å². The van der Waals surface area contributed by atoms with E-state index in [4.69, 9.17) is 0 Å². The molecule has 3 heteroatoms. The summed E-state index contributed by atoms with van der Waals surface area (Å²) in [5, 5.41) is 1.22. The van der Waals surface area contributed by atoms with Crippen molar-refractivity contribution in [2.75, 3.05) is 5.43 Å². The fraction of sp³-hybridized carbons (Fsp3) is 0. The number of nitrogens with zero attached hydrogens (tertiary/aromatic N) is 2. The Labute approximate surface area is 93.3 Å². The van der Waals surface area contributed by atoms with Crippen molar-refractivity contribution in [3.05, 3.63) is 61.1 Å². The van der Waals surface area contributed by atoms with Crippen LogP contribution in [0.3, 0.4) is 0 Å². The predicted molar refractivity (Wildman–Crippen MR) is 65.2 cm³/mol. The van der Waals surface area contributed by atoms with Crippen LogP contribution in [0.4, 0.5) is 5.69 Å². The lowest BCUT2D eigenvalue weighted by atomic mass is 10.3. The monoisotopic (exact) mass is 209 g/mol. The number of pyridine rings is 1. The third-order valence-electron chi connectivity index (χ3n) is 2.51. The quantitative estimate of drug-likeness (QED) is 0.703. The third-order valence-corrected chi connectivity index (χ3v) is 2.51. The van der Waals surface area contributed by atoms with Crippen LogP contribution in [0.5, 0.6) is 0 Å². The second kappa shape index (κ2) is 3.70. The van der Waals surface area contributed by atoms with Gasteiger partial charge in [-0.05, 0) is 24.3 Å². The second-order valence-electron chi connectivity index (χ2n) is 3.60. The standard InChI is InChI=1S/C13H11N3/c1-2-6-13-11(4-1)7-9-16(13)15-12-5-3-8-14-10-12/h1-10,15H. The third kappa shape index (κ3) is 1.52. The molecule has 0 atom stereocenters. The molecule has 0 fully saturated rings. The highest BCUT2D eigenvalue weighted by atomic mass is 15.4. The lowest BCUT2D eigenvalue weighted by Gasteiger charge is -2.08. The van der Waals surface area contributed by atoms with Crippen molar-refractivity contribution in [2.45, 2.75) is 0 Å². The van der Waals surface area contributed by atoms with Crippen LogP contribution in [-0.4, -0.2) is 9.66 Å². The molecule has 0 amide bonds. The molecule has 1 aromatic carbocycles. The first kappa shape index (κ1) is 8.97. The second-order valence-corrected chi connectivity index (χ2v) is 3.60. The van der Waals surface area contributed by atoms with Crippen LogP contribution in [0.2, 0.25) is 0 Å². The number of fused-ring (bicyclic) bond motifs is 1. The summed E-state index contributed by atoms with van der Waals surface area (Å²) in [6.45, 7) is 0. The van der Waals surface area contributed by atoms with Gasteiger partial charge in [0.25, 0.3) is 0 Å². The number of para-hydroxylation sites is 1. The average molecular weight is 209 g/mol. The summed E-state index contributed by atoms with van der Waals surface area (Å²) in [6.07, 6.45) is 5.57. The van der Waals surface area contributed by atoms with E-state index in [1.54, 1.807) is 12.4 Å². The van der Waals surface area contributed by atoms with E-state index in [1.165, 1.54) is 5.39 Å². The van der Waals surface area contributed by atoms with E-state index < -0.39 is 0 Å². The van der Waals surface area contributed by atoms with Crippen LogP contribution >= 0.6 is 0 Å². The molecule has 3 nitrogen and oxygen atoms in total. The minimum absolute atomic E-state index is 0.976. The molecule has 2 heterocycles. The number of aromatic nitrogens is 2. The molecule has 3 rings (SSSR count). The topological polar surface area (TPSA) is 29.9 Å². The summed E-state index contributed by atoms with van der Waals surface area (Å²) >= 11 is 0. The summed E-state index contributed by atoms with van der Waals surface area (Å²) in [7, 11) is 0. The Morgan fingerprint density at radius 3 is 2.81 bits per heavy atom. The number of anilines is 1. The smallest absolute Gasteiger partial charge is 0.0729 e. The fourth-order valence-corrected chi connectivity index (χ4v) is 1.75. The molecule has 0 spiro atoms. The first-order valence-corrected chi connectivity index (χ1v) is 5.17. The molecule has 0 saturated carbocycles. The number of rotatable bonds is 2. The molecule has 0 aliphatic rings. The van der Waals surface area contributed by atoms with Gasteiger partial charge in [0.1, 0.15) is 0 Å². The molecule has 0 saturated heterocycles. The molecular formula is C13H11N3. The molecule has 0 aliphatic heterocycles. The first-order chi connectivity index (χ1) is 7.93. The van der Waals surface area contributed by atoms with Gasteiger partial charge < -0.3 is 0 Å². The molecule has 0 radical (unpaired) electrons. The Kier molecular flexibility index (Phi) is 2.07. The molecule has 16 heavy (non-hydrogen) atoms. The first-order valence-electron chi connectivity index (χ1n) is 5.17. The zero-order valence-corrected chi connectivity index (χ0v) is 8.67. The van der Waals surface area contributed by atoms with Crippen LogP contribution in [0.15, 0.2) is 61.1 Å². The van der Waals surface area contributed by atoms with E-state index >= 15 is 0 Å². The van der Waals surface area contributed by atoms with Crippen molar-refractivity contribution in [1.29, 1.82) is 0 Å². The van der Waals surface area contributed by atoms with E-state index in [-0.39, 0.29) is 0 Å². The molecule has 2 aromatic heterocycles. The van der Waals surface area contributed by atoms with Crippen molar-refractivity contribution in [2.24, 2.45) is 0 Å². The Balaban J connectivity index is 2.01. The largest absolute Gasteiger partial charge is 0.293 e. The van der Waals surface area contributed by atoms with Crippen molar-refractivity contribution in [3.63, 3.8) is 0 Å². The summed E-state index contributed by atoms with van der Waals surface area (Å²) in [4.78, 5) is 4.07. The number of benzene rings is 1. The van der Waals surface area contributed by atoms with Gasteiger partial charge in [-0.2, -0.15) is 0 Å². The maximum Gasteiger partial charge on any atom is 0.0729 e. The normalized spacial score (nSPS) is 10.5. The Morgan fingerprint density at radius 2 is 1.94 bits per heavy atom. The molecule has 0 bridgehead atoms. The van der Waals surface area contributed by atoms with Gasteiger partial charge in [-0.1, -0.05) is 18.2 Å². The van der Waals surface area contributed by atoms with Gasteiger partial charge >= 0.3 is 0 Å². The van der Waals surface area contributed by atoms with E-state index in [0.29, 0.717) is 0 Å². The Hall–Kier alpha value is -2.29. The number of hydrogen-bond donors (Lipinski definition) is 1. The average Bonchev–Trinajstić information content (AvgIpc) is 2.74. The van der Waals surface area contributed by atoms with Gasteiger partial charge in [0, 0.05) is 17.8 Å². The molecular weight excluding hydrogens is 198 g/mol. The van der Waals surface area contributed by atoms with Crippen molar-refractivity contribution in [3.8, 4) is 0 Å². The summed E-state index contributed by atoms with van der Waals surface area (Å²) < 4.78 is 1.99. The minimum Gasteiger partial charge on any atom is -0.293 e. The Morgan fingerprint density at radius 1 is 1.00 bits per heavy atom. The van der Waals surface area contributed by atoms with Gasteiger partial charge in [-0.3, -0.25) is 15.1 Å². The van der Waals surface area contributed by atoms with Gasteiger partial charge in [0.15, 0.2) is 0 Å². The van der Waals surface area contributed by atoms with Crippen LogP contribution in [-0.2, 0) is 0 Å². The van der Waals surface area contributed by atoms with Crippen molar-refractivity contribution < 1.29 is 0 Å². The van der Waals surface area contributed by atoms with Crippen LogP contribution in [0.25, 0.3) is 10.9 Å². The lowest BCUT2D eigenvalue weighted by molar-refractivity contribution is 1.01. The summed E-state index contributed by atoms with van der Waals surface area (Å²) in [5.41, 5.74) is 5.42. The molecule has 1 N–H and O–H groups in total. The highest BCUT2D eigenvalue weighted by Crippen LogP contribution is 2.15. The highest BCUT2D eigenvalue weighted by molar-refractivity contribution is 5.80. The van der Waals surface area contributed by atoms with Crippen LogP contribution in [0.1, 0.15) is 0 Å². The van der Waals surface area contributed by atoms with Crippen molar-refractivity contribution >= 4 is 16.6 Å². The van der Waals surface area contributed by atoms with E-state index in [2.05, 4.69) is 28.6 Å². The SMILES string of the molecule is c1cncc(Nn2ccc3ccccc32)c1. The number of nitrogens with one attached hydrogen (secondary N) is 1. The zero-order chi connectivity index (χ0) is 10.8. The van der Waals surface area contributed by atoms with Gasteiger partial charge in [0.2, 0.25) is 0 Å². The van der Waals surface area contributed by atoms with E-state index in [1.807, 2.05) is 35.1 Å². The molecule has 3 aromatic rings. The molecule has 0 aliphatic carbocycles. The van der Waals surface area contributed by atoms with Gasteiger partial charge in [-0.25, -0.2) is 0 Å². The highest BCUT2D eigenvalue weighted by Gasteiger charge is 1.99. The van der Waals surface area contributed by atoms with Gasteiger partial charge in [0.05, 0.1) is 17.4 Å². The van der Waals surface area contributed by atoms with Gasteiger partial charge in [-0.15, -0.1) is 0 Å². The maximum absolute atomic E-state index is 4.07. The van der Waals surface area contributed by atoms with E-state index in [9.17, 15) is 0 Å². The number of hydrogen-bond acceptors (Lipinski definition) is 2. The molecule has 78 valence electrons. The van der Waals surface area contributed by atoms with Crippen LogP contribution < -0.4 is 5.43 Å². The summed E-state index contributed by atoms with van der Waals surface area (Å²) in [6, 6.07) is 14.2. The van der Waals surface area contributed by atoms with Crippen molar-refractivity contribution in [1.82, 2.24) is 9.66 Å². The summed E-state index contributed by atoms with van der Waals surface area (Å²) in [5.74, 6) is 0. The molecule has 0 unspecified atom stereocenters. The zero-order valence-electron chi connectivity index (χ0n) is 8.67. The maximum atomic E-state index is 4.07. The Bertz CT molecular complexity index is 599. The van der Waals surface area contributed by atoms with E-state index in [0.717, 1.165) is 11.2 Å². The predicted octanol–water partition coefficient (Wildman–Crippen LogP) is 2.91. The fourth-order valence-electron chi connectivity index (χ4n) is 1.75. The lowest BCUT2D eigenvalue weighted by Crippen LogP contribution is -2.06. The minimum atomic E-state index is 0.976.